The first kappa shape index (κ1) is 32.8. The summed E-state index contributed by atoms with van der Waals surface area (Å²) in [5, 5.41) is 2.96. The van der Waals surface area contributed by atoms with Crippen molar-refractivity contribution >= 4 is 27.5 Å². The number of nitrogens with zero attached hydrogens (tertiary/aromatic N) is 2. The first-order valence-corrected chi connectivity index (χ1v) is 16.3. The van der Waals surface area contributed by atoms with Crippen LogP contribution in [0.4, 0.5) is 10.1 Å². The Bertz CT molecular complexity index is 1860. The third-order valence-electron chi connectivity index (χ3n) is 7.25. The number of anilines is 1. The van der Waals surface area contributed by atoms with E-state index in [0.717, 1.165) is 28.8 Å². The lowest BCUT2D eigenvalue weighted by Gasteiger charge is -2.31. The van der Waals surface area contributed by atoms with Gasteiger partial charge in [-0.15, -0.1) is 0 Å². The largest absolute Gasteiger partial charge is 0.484 e. The van der Waals surface area contributed by atoms with Gasteiger partial charge in [-0.25, -0.2) is 12.8 Å². The second kappa shape index (κ2) is 15.6. The van der Waals surface area contributed by atoms with Gasteiger partial charge in [0.15, 0.2) is 6.61 Å². The molecule has 0 aliphatic heterocycles. The van der Waals surface area contributed by atoms with Gasteiger partial charge in [0.05, 0.1) is 4.90 Å². The third kappa shape index (κ3) is 9.47. The smallest absolute Gasteiger partial charge is 0.261 e. The Hall–Kier alpha value is -5.55. The van der Waals surface area contributed by atoms with E-state index in [2.05, 4.69) is 15.0 Å². The average molecular weight is 653 g/mol. The molecule has 5 rings (SSSR count). The van der Waals surface area contributed by atoms with Gasteiger partial charge in [-0.3, -0.25) is 19.3 Å². The number of pyridine rings is 1. The molecule has 2 N–H and O–H groups in total. The number of amides is 2. The van der Waals surface area contributed by atoms with Crippen molar-refractivity contribution in [1.82, 2.24) is 15.2 Å². The van der Waals surface area contributed by atoms with Crippen LogP contribution in [-0.4, -0.2) is 42.8 Å². The lowest BCUT2D eigenvalue weighted by atomic mass is 10.0. The van der Waals surface area contributed by atoms with Gasteiger partial charge in [-0.2, -0.15) is 0 Å². The monoisotopic (exact) mass is 652 g/mol. The van der Waals surface area contributed by atoms with Crippen LogP contribution in [0.2, 0.25) is 0 Å². The third-order valence-corrected chi connectivity index (χ3v) is 8.65. The van der Waals surface area contributed by atoms with Gasteiger partial charge >= 0.3 is 0 Å². The van der Waals surface area contributed by atoms with Crippen molar-refractivity contribution in [2.24, 2.45) is 0 Å². The minimum atomic E-state index is -3.95. The summed E-state index contributed by atoms with van der Waals surface area (Å²) in [7, 11) is -3.95. The summed E-state index contributed by atoms with van der Waals surface area (Å²) in [6, 6.07) is 32.1. The van der Waals surface area contributed by atoms with E-state index in [0.29, 0.717) is 0 Å². The van der Waals surface area contributed by atoms with E-state index in [-0.39, 0.29) is 41.7 Å². The molecule has 2 amide bonds. The topological polar surface area (TPSA) is 118 Å². The zero-order valence-electron chi connectivity index (χ0n) is 25.3. The predicted molar refractivity (Wildman–Crippen MR) is 176 cm³/mol. The van der Waals surface area contributed by atoms with Crippen LogP contribution in [0.15, 0.2) is 139 Å². The van der Waals surface area contributed by atoms with Crippen LogP contribution in [-0.2, 0) is 39.1 Å². The average Bonchev–Trinajstić information content (AvgIpc) is 3.10. The molecule has 1 atom stereocenters. The van der Waals surface area contributed by atoms with Crippen molar-refractivity contribution in [1.29, 1.82) is 0 Å². The van der Waals surface area contributed by atoms with Gasteiger partial charge in [0.1, 0.15) is 17.6 Å². The van der Waals surface area contributed by atoms with Crippen molar-refractivity contribution in [2.75, 3.05) is 11.3 Å². The minimum absolute atomic E-state index is 0.0422. The van der Waals surface area contributed by atoms with Gasteiger partial charge in [0.25, 0.3) is 15.9 Å². The fourth-order valence-electron chi connectivity index (χ4n) is 4.82. The Morgan fingerprint density at radius 2 is 1.43 bits per heavy atom. The first-order valence-electron chi connectivity index (χ1n) is 14.8. The van der Waals surface area contributed by atoms with E-state index in [4.69, 9.17) is 4.74 Å². The van der Waals surface area contributed by atoms with Crippen LogP contribution in [0.25, 0.3) is 0 Å². The molecule has 0 fully saturated rings. The normalized spacial score (nSPS) is 11.7. The number of sulfonamides is 1. The van der Waals surface area contributed by atoms with Gasteiger partial charge in [0, 0.05) is 37.6 Å². The second-order valence-electron chi connectivity index (χ2n) is 10.7. The molecule has 4 aromatic carbocycles. The maximum atomic E-state index is 13.9. The Balaban J connectivity index is 1.33. The number of halogens is 1. The maximum absolute atomic E-state index is 13.9. The molecule has 1 heterocycles. The highest BCUT2D eigenvalue weighted by molar-refractivity contribution is 7.92. The van der Waals surface area contributed by atoms with Crippen molar-refractivity contribution in [3.63, 3.8) is 0 Å². The fourth-order valence-corrected chi connectivity index (χ4v) is 5.88. The molecule has 0 aliphatic carbocycles. The van der Waals surface area contributed by atoms with E-state index in [1.165, 1.54) is 41.3 Å². The van der Waals surface area contributed by atoms with Crippen LogP contribution in [0.1, 0.15) is 16.7 Å². The molecule has 9 nitrogen and oxygen atoms in total. The van der Waals surface area contributed by atoms with Gasteiger partial charge in [0.2, 0.25) is 5.91 Å². The summed E-state index contributed by atoms with van der Waals surface area (Å²) in [5.74, 6) is -0.978. The number of rotatable bonds is 14. The van der Waals surface area contributed by atoms with Gasteiger partial charge < -0.3 is 15.0 Å². The molecule has 0 saturated heterocycles. The van der Waals surface area contributed by atoms with Gasteiger partial charge in [-0.1, -0.05) is 66.7 Å². The first-order chi connectivity index (χ1) is 22.8. The van der Waals surface area contributed by atoms with E-state index < -0.39 is 34.4 Å². The molecule has 0 bridgehead atoms. The Labute approximate surface area is 273 Å². The number of carbonyl (C=O) groups is 2. The minimum Gasteiger partial charge on any atom is -0.484 e. The Morgan fingerprint density at radius 1 is 0.787 bits per heavy atom. The van der Waals surface area contributed by atoms with Crippen molar-refractivity contribution in [3.05, 3.63) is 156 Å². The van der Waals surface area contributed by atoms with Crippen LogP contribution in [0.5, 0.6) is 5.75 Å². The zero-order valence-corrected chi connectivity index (χ0v) is 26.1. The second-order valence-corrected chi connectivity index (χ2v) is 12.3. The molecule has 0 spiro atoms. The van der Waals surface area contributed by atoms with Crippen molar-refractivity contribution < 1.29 is 27.1 Å². The summed E-state index contributed by atoms with van der Waals surface area (Å²) in [5.41, 5.74) is 2.75. The van der Waals surface area contributed by atoms with Crippen molar-refractivity contribution in [3.8, 4) is 5.75 Å². The Morgan fingerprint density at radius 3 is 2.06 bits per heavy atom. The summed E-state index contributed by atoms with van der Waals surface area (Å²) in [4.78, 5) is 33.2. The molecule has 5 aromatic rings. The zero-order chi connectivity index (χ0) is 33.1. The highest BCUT2D eigenvalue weighted by Gasteiger charge is 2.30. The molecular weight excluding hydrogens is 619 g/mol. The maximum Gasteiger partial charge on any atom is 0.261 e. The molecule has 240 valence electrons. The molecule has 11 heteroatoms. The van der Waals surface area contributed by atoms with Crippen LogP contribution in [0, 0.1) is 5.82 Å². The number of carbonyl (C=O) groups excluding carboxylic acids is 2. The summed E-state index contributed by atoms with van der Waals surface area (Å²) < 4.78 is 47.0. The van der Waals surface area contributed by atoms with Crippen molar-refractivity contribution in [2.45, 2.75) is 30.4 Å². The van der Waals surface area contributed by atoms with Crippen LogP contribution >= 0.6 is 0 Å². The lowest BCUT2D eigenvalue weighted by Crippen LogP contribution is -2.51. The molecule has 0 aliphatic rings. The molecule has 0 saturated carbocycles. The number of aromatic nitrogens is 1. The van der Waals surface area contributed by atoms with E-state index in [9.17, 15) is 22.4 Å². The quantitative estimate of drug-likeness (QED) is 0.167. The summed E-state index contributed by atoms with van der Waals surface area (Å²) in [6.07, 6.45) is 3.59. The number of nitrogens with one attached hydrogen (secondary N) is 2. The molecule has 0 radical (unpaired) electrons. The van der Waals surface area contributed by atoms with Crippen LogP contribution in [0.3, 0.4) is 0 Å². The molecular formula is C36H33FN4O5S. The summed E-state index contributed by atoms with van der Waals surface area (Å²) in [6.45, 7) is 0.00806. The highest BCUT2D eigenvalue weighted by atomic mass is 32.2. The van der Waals surface area contributed by atoms with E-state index in [1.54, 1.807) is 18.5 Å². The number of benzene rings is 4. The number of hydrogen-bond acceptors (Lipinski definition) is 6. The number of hydrogen-bond donors (Lipinski definition) is 2. The highest BCUT2D eigenvalue weighted by Crippen LogP contribution is 2.21. The SMILES string of the molecule is O=C(NCc1cccnc1)[C@H](Cc1ccccc1)N(Cc1ccccc1)C(=O)COc1ccc(S(=O)(=O)Nc2ccc(F)cc2)cc1. The standard InChI is InChI=1S/C36H33FN4O5S/c37-30-13-15-31(16-14-30)40-47(44,45)33-19-17-32(18-20-33)46-26-35(42)41(25-28-10-5-2-6-11-28)34(22-27-8-3-1-4-9-27)36(43)39-24-29-12-7-21-38-23-29/h1-21,23,34,40H,22,24-26H2,(H,39,43)/t34-/m0/s1. The van der Waals surface area contributed by atoms with Crippen LogP contribution < -0.4 is 14.8 Å². The van der Waals surface area contributed by atoms with E-state index >= 15 is 0 Å². The molecule has 0 unspecified atom stereocenters. The predicted octanol–water partition coefficient (Wildman–Crippen LogP) is 5.36. The van der Waals surface area contributed by atoms with E-state index in [1.807, 2.05) is 66.7 Å². The van der Waals surface area contributed by atoms with Gasteiger partial charge in [-0.05, 0) is 71.3 Å². The number of ether oxygens (including phenoxy) is 1. The lowest BCUT2D eigenvalue weighted by molar-refractivity contribution is -0.142. The molecule has 47 heavy (non-hydrogen) atoms. The summed E-state index contributed by atoms with van der Waals surface area (Å²) >= 11 is 0. The fraction of sp³-hybridized carbons (Fsp3) is 0.139. The Kier molecular flexibility index (Phi) is 10.9. The molecule has 1 aromatic heterocycles.